The number of hydrogen-bond donors (Lipinski definition) is 6. The lowest BCUT2D eigenvalue weighted by Gasteiger charge is -2.09. The molecule has 336 valence electrons. The maximum Gasteiger partial charge on any atom is 0.246 e. The van der Waals surface area contributed by atoms with Crippen LogP contribution in [0.3, 0.4) is 0 Å². The van der Waals surface area contributed by atoms with E-state index in [4.69, 9.17) is 18.9 Å². The summed E-state index contributed by atoms with van der Waals surface area (Å²) in [7, 11) is 0. The Balaban J connectivity index is 3.45. The van der Waals surface area contributed by atoms with Crippen LogP contribution < -0.4 is 31.9 Å². The fourth-order valence-corrected chi connectivity index (χ4v) is 5.39. The largest absolute Gasteiger partial charge is 0.377 e. The van der Waals surface area contributed by atoms with Crippen molar-refractivity contribution < 1.29 is 52.5 Å². The molecule has 0 atom stereocenters. The van der Waals surface area contributed by atoms with Gasteiger partial charge in [-0.1, -0.05) is 90.4 Å². The average Bonchev–Trinajstić information content (AvgIpc) is 3.20. The monoisotopic (exact) mass is 829 g/mol. The quantitative estimate of drug-likeness (QED) is 0.0490. The molecule has 0 aromatic rings. The highest BCUT2D eigenvalue weighted by Crippen LogP contribution is 2.13. The van der Waals surface area contributed by atoms with Gasteiger partial charge in [0.15, 0.2) is 0 Å². The molecule has 0 aromatic carbocycles. The van der Waals surface area contributed by atoms with Crippen molar-refractivity contribution in [2.24, 2.45) is 0 Å². The Kier molecular flexibility index (Phi) is 38.9. The second kappa shape index (κ2) is 41.5. The molecular weight excluding hydrogens is 752 g/mol. The van der Waals surface area contributed by atoms with Gasteiger partial charge in [-0.05, 0) is 26.2 Å². The molecule has 0 bridgehead atoms. The van der Waals surface area contributed by atoms with E-state index in [-0.39, 0.29) is 109 Å². The van der Waals surface area contributed by atoms with Crippen LogP contribution in [0.1, 0.15) is 129 Å². The third kappa shape index (κ3) is 41.9. The van der Waals surface area contributed by atoms with Crippen molar-refractivity contribution in [1.29, 1.82) is 0 Å². The van der Waals surface area contributed by atoms with E-state index in [1.165, 1.54) is 64.2 Å². The van der Waals surface area contributed by atoms with Gasteiger partial charge in [0.1, 0.15) is 19.0 Å². The molecule has 0 saturated carbocycles. The van der Waals surface area contributed by atoms with E-state index in [1.807, 2.05) is 6.92 Å². The number of carbonyl (C=O) groups is 7. The van der Waals surface area contributed by atoms with Crippen molar-refractivity contribution in [2.75, 3.05) is 92.1 Å². The highest BCUT2D eigenvalue weighted by molar-refractivity contribution is 5.88. The maximum absolute atomic E-state index is 12.0. The fourth-order valence-electron chi connectivity index (χ4n) is 5.39. The lowest BCUT2D eigenvalue weighted by atomic mass is 10.0. The van der Waals surface area contributed by atoms with Gasteiger partial charge in [-0.25, -0.2) is 0 Å². The molecule has 6 amide bonds. The van der Waals surface area contributed by atoms with Gasteiger partial charge in [-0.15, -0.1) is 0 Å². The first-order valence-corrected chi connectivity index (χ1v) is 21.5. The van der Waals surface area contributed by atoms with Crippen molar-refractivity contribution in [2.45, 2.75) is 129 Å². The molecule has 17 heteroatoms. The Bertz CT molecular complexity index is 1110. The minimum atomic E-state index is -0.484. The fraction of sp³-hybridized carbons (Fsp3) is 0.829. The van der Waals surface area contributed by atoms with Gasteiger partial charge >= 0.3 is 0 Å². The minimum Gasteiger partial charge on any atom is -0.377 e. The third-order valence-corrected chi connectivity index (χ3v) is 8.72. The van der Waals surface area contributed by atoms with Crippen molar-refractivity contribution in [3.05, 3.63) is 0 Å². The topological polar surface area (TPSA) is 229 Å². The van der Waals surface area contributed by atoms with Crippen molar-refractivity contribution in [1.82, 2.24) is 31.9 Å². The van der Waals surface area contributed by atoms with Crippen molar-refractivity contribution in [3.8, 4) is 0 Å². The molecule has 0 aromatic heterocycles. The van der Waals surface area contributed by atoms with Crippen LogP contribution in [0.5, 0.6) is 0 Å². The van der Waals surface area contributed by atoms with Crippen molar-refractivity contribution in [3.63, 3.8) is 0 Å². The second-order valence-electron chi connectivity index (χ2n) is 14.2. The second-order valence-corrected chi connectivity index (χ2v) is 14.2. The summed E-state index contributed by atoms with van der Waals surface area (Å²) in [5.74, 6) is -1.67. The van der Waals surface area contributed by atoms with Crippen LogP contribution in [0.25, 0.3) is 0 Å². The van der Waals surface area contributed by atoms with Gasteiger partial charge in [0, 0.05) is 32.5 Å². The molecule has 0 spiro atoms. The zero-order valence-electron chi connectivity index (χ0n) is 35.6. The number of nitrogens with one attached hydrogen (secondary N) is 6. The lowest BCUT2D eigenvalue weighted by molar-refractivity contribution is -0.130. The number of Topliss-reactive ketones (excluding diaryl/α,β-unsaturated/α-hetero) is 1. The smallest absolute Gasteiger partial charge is 0.246 e. The number of rotatable bonds is 42. The van der Waals surface area contributed by atoms with Gasteiger partial charge in [-0.2, -0.15) is 0 Å². The summed E-state index contributed by atoms with van der Waals surface area (Å²) in [4.78, 5) is 81.9. The summed E-state index contributed by atoms with van der Waals surface area (Å²) < 4.78 is 21.2. The van der Waals surface area contributed by atoms with Crippen molar-refractivity contribution >= 4 is 41.2 Å². The van der Waals surface area contributed by atoms with Crippen LogP contribution in [-0.4, -0.2) is 133 Å². The number of unbranched alkanes of at least 4 members (excludes halogenated alkanes) is 14. The van der Waals surface area contributed by atoms with Gasteiger partial charge in [0.2, 0.25) is 35.4 Å². The molecule has 17 nitrogen and oxygen atoms in total. The van der Waals surface area contributed by atoms with E-state index in [0.29, 0.717) is 18.7 Å². The number of ketones is 1. The van der Waals surface area contributed by atoms with E-state index in [9.17, 15) is 33.6 Å². The molecule has 0 saturated heterocycles. The maximum atomic E-state index is 12.0. The van der Waals surface area contributed by atoms with Gasteiger partial charge < -0.3 is 55.6 Å². The first kappa shape index (κ1) is 54.3. The highest BCUT2D eigenvalue weighted by Gasteiger charge is 2.09. The molecule has 0 unspecified atom stereocenters. The van der Waals surface area contributed by atoms with Crippen LogP contribution in [0.4, 0.5) is 0 Å². The van der Waals surface area contributed by atoms with Crippen LogP contribution in [0.2, 0.25) is 0 Å². The third-order valence-electron chi connectivity index (χ3n) is 8.72. The Morgan fingerprint density at radius 3 is 1.16 bits per heavy atom. The SMILES string of the molecule is CCCCNC(=O)CNC(=O)CNC(=O)COCCOCCNC(=O)COCCOCCNC(=O)CNC(=O)CCCCCCCCCCCCCCCCC(C)=O. The molecule has 0 heterocycles. The van der Waals surface area contributed by atoms with E-state index in [2.05, 4.69) is 31.9 Å². The molecule has 58 heavy (non-hydrogen) atoms. The van der Waals surface area contributed by atoms with E-state index >= 15 is 0 Å². The van der Waals surface area contributed by atoms with E-state index in [0.717, 1.165) is 44.9 Å². The summed E-state index contributed by atoms with van der Waals surface area (Å²) in [6.07, 6.45) is 19.6. The summed E-state index contributed by atoms with van der Waals surface area (Å²) in [5, 5.41) is 15.5. The summed E-state index contributed by atoms with van der Waals surface area (Å²) in [6, 6.07) is 0. The van der Waals surface area contributed by atoms with Crippen LogP contribution in [0, 0.1) is 0 Å². The Morgan fingerprint density at radius 1 is 0.345 bits per heavy atom. The van der Waals surface area contributed by atoms with E-state index < -0.39 is 11.8 Å². The zero-order chi connectivity index (χ0) is 42.7. The highest BCUT2D eigenvalue weighted by atomic mass is 16.5. The molecule has 0 radical (unpaired) electrons. The molecule has 0 rings (SSSR count). The average molecular weight is 829 g/mol. The predicted molar refractivity (Wildman–Crippen MR) is 221 cm³/mol. The van der Waals surface area contributed by atoms with Gasteiger partial charge in [0.25, 0.3) is 0 Å². The summed E-state index contributed by atoms with van der Waals surface area (Å²) >= 11 is 0. The first-order chi connectivity index (χ1) is 28.1. The lowest BCUT2D eigenvalue weighted by Crippen LogP contribution is -2.42. The Hall–Kier alpha value is -3.67. The normalized spacial score (nSPS) is 10.8. The summed E-state index contributed by atoms with van der Waals surface area (Å²) in [5.41, 5.74) is 0. The number of hydrogen-bond acceptors (Lipinski definition) is 11. The standard InChI is InChI=1S/C41H76N6O11/c1-3-4-21-42-37(50)31-46-39(52)32-47-41(54)34-58-29-27-56-25-23-44-40(53)33-57-28-26-55-24-22-43-38(51)30-45-36(49)20-18-16-14-12-10-8-6-5-7-9-11-13-15-17-19-35(2)48/h3-34H2,1-2H3,(H,42,50)(H,43,51)(H,44,53)(H,45,49)(H,46,52)(H,47,54). The molecule has 0 fully saturated rings. The summed E-state index contributed by atoms with van der Waals surface area (Å²) in [6.45, 7) is 5.19. The predicted octanol–water partition coefficient (Wildman–Crippen LogP) is 2.38. The Morgan fingerprint density at radius 2 is 0.690 bits per heavy atom. The molecule has 0 aliphatic carbocycles. The van der Waals surface area contributed by atoms with Crippen LogP contribution in [-0.2, 0) is 52.5 Å². The number of carbonyl (C=O) groups excluding carboxylic acids is 7. The molecule has 6 N–H and O–H groups in total. The van der Waals surface area contributed by atoms with E-state index in [1.54, 1.807) is 6.92 Å². The number of amides is 6. The van der Waals surface area contributed by atoms with Gasteiger partial charge in [-0.3, -0.25) is 28.8 Å². The number of ether oxygens (including phenoxy) is 4. The minimum absolute atomic E-state index is 0.0684. The Labute approximate surface area is 346 Å². The molecular formula is C41H76N6O11. The molecule has 0 aliphatic heterocycles. The van der Waals surface area contributed by atoms with Gasteiger partial charge in [0.05, 0.1) is 59.3 Å². The van der Waals surface area contributed by atoms with Crippen LogP contribution in [0.15, 0.2) is 0 Å². The van der Waals surface area contributed by atoms with Crippen LogP contribution >= 0.6 is 0 Å². The molecule has 0 aliphatic rings. The zero-order valence-corrected chi connectivity index (χ0v) is 35.6. The first-order valence-electron chi connectivity index (χ1n) is 21.5.